The standard InChI is InChI=1S/C18H17N5O3S/c1-12-8-13(10-14(24)9-12)17-15(11-23(22-17)7-3-5-19)16-4-6-20-18(21-16)27(2,25)26/h4,6,8-11,24H,3,7H2,1-2H3. The molecule has 9 heteroatoms. The van der Waals surface area contributed by atoms with Crippen LogP contribution in [0.2, 0.25) is 0 Å². The molecular weight excluding hydrogens is 366 g/mol. The van der Waals surface area contributed by atoms with Crippen molar-refractivity contribution in [2.24, 2.45) is 0 Å². The molecule has 0 unspecified atom stereocenters. The van der Waals surface area contributed by atoms with E-state index in [0.29, 0.717) is 29.1 Å². The third kappa shape index (κ3) is 4.12. The summed E-state index contributed by atoms with van der Waals surface area (Å²) in [6.07, 6.45) is 4.41. The summed E-state index contributed by atoms with van der Waals surface area (Å²) >= 11 is 0. The summed E-state index contributed by atoms with van der Waals surface area (Å²) in [5, 5.41) is 23.0. The molecule has 1 N–H and O–H groups in total. The number of hydrogen-bond acceptors (Lipinski definition) is 7. The molecule has 0 saturated heterocycles. The van der Waals surface area contributed by atoms with Crippen molar-refractivity contribution in [2.45, 2.75) is 25.0 Å². The van der Waals surface area contributed by atoms with E-state index in [-0.39, 0.29) is 17.3 Å². The quantitative estimate of drug-likeness (QED) is 0.671. The molecule has 0 bridgehead atoms. The lowest BCUT2D eigenvalue weighted by atomic mass is 10.0. The molecule has 0 aliphatic carbocycles. The number of sulfone groups is 1. The molecule has 27 heavy (non-hydrogen) atoms. The zero-order chi connectivity index (χ0) is 19.6. The molecular formula is C18H17N5O3S. The van der Waals surface area contributed by atoms with Gasteiger partial charge in [-0.2, -0.15) is 10.4 Å². The fourth-order valence-corrected chi connectivity index (χ4v) is 3.19. The molecule has 0 spiro atoms. The third-order valence-electron chi connectivity index (χ3n) is 3.79. The van der Waals surface area contributed by atoms with Gasteiger partial charge < -0.3 is 5.11 Å². The first-order valence-corrected chi connectivity index (χ1v) is 9.96. The molecule has 138 valence electrons. The van der Waals surface area contributed by atoms with Crippen LogP contribution in [0.3, 0.4) is 0 Å². The second kappa shape index (κ2) is 7.17. The molecule has 1 aromatic carbocycles. The minimum absolute atomic E-state index is 0.0991. The van der Waals surface area contributed by atoms with Gasteiger partial charge in [-0.25, -0.2) is 18.4 Å². The molecule has 2 heterocycles. The molecule has 0 saturated carbocycles. The van der Waals surface area contributed by atoms with Crippen LogP contribution in [0.1, 0.15) is 12.0 Å². The van der Waals surface area contributed by atoms with Gasteiger partial charge in [0.2, 0.25) is 15.0 Å². The van der Waals surface area contributed by atoms with Gasteiger partial charge in [0.1, 0.15) is 11.4 Å². The number of nitriles is 1. The molecule has 3 aromatic rings. The first kappa shape index (κ1) is 18.5. The smallest absolute Gasteiger partial charge is 0.247 e. The van der Waals surface area contributed by atoms with Crippen LogP contribution in [0.15, 0.2) is 41.8 Å². The summed E-state index contributed by atoms with van der Waals surface area (Å²) in [6.45, 7) is 2.23. The van der Waals surface area contributed by atoms with E-state index in [9.17, 15) is 13.5 Å². The molecule has 0 radical (unpaired) electrons. The second-order valence-corrected chi connectivity index (χ2v) is 8.03. The number of hydrogen-bond donors (Lipinski definition) is 1. The minimum Gasteiger partial charge on any atom is -0.508 e. The predicted molar refractivity (Wildman–Crippen MR) is 98.4 cm³/mol. The molecule has 0 aliphatic rings. The molecule has 8 nitrogen and oxygen atoms in total. The van der Waals surface area contributed by atoms with E-state index < -0.39 is 9.84 Å². The highest BCUT2D eigenvalue weighted by Gasteiger charge is 2.18. The topological polar surface area (TPSA) is 122 Å². The Morgan fingerprint density at radius 3 is 2.74 bits per heavy atom. The maximum Gasteiger partial charge on any atom is 0.247 e. The van der Waals surface area contributed by atoms with Crippen LogP contribution < -0.4 is 0 Å². The van der Waals surface area contributed by atoms with E-state index in [2.05, 4.69) is 21.1 Å². The van der Waals surface area contributed by atoms with Crippen LogP contribution >= 0.6 is 0 Å². The molecule has 0 amide bonds. The lowest BCUT2D eigenvalue weighted by molar-refractivity contribution is 0.475. The number of rotatable bonds is 5. The zero-order valence-electron chi connectivity index (χ0n) is 14.8. The van der Waals surface area contributed by atoms with Crippen LogP contribution in [0, 0.1) is 18.3 Å². The van der Waals surface area contributed by atoms with E-state index in [1.807, 2.05) is 13.0 Å². The molecule has 0 atom stereocenters. The van der Waals surface area contributed by atoms with Crippen LogP contribution in [-0.4, -0.2) is 39.5 Å². The zero-order valence-corrected chi connectivity index (χ0v) is 15.6. The van der Waals surface area contributed by atoms with E-state index in [1.165, 1.54) is 6.20 Å². The summed E-state index contributed by atoms with van der Waals surface area (Å²) < 4.78 is 25.2. The Morgan fingerprint density at radius 2 is 2.07 bits per heavy atom. The number of nitrogens with zero attached hydrogens (tertiary/aromatic N) is 5. The molecule has 3 rings (SSSR count). The highest BCUT2D eigenvalue weighted by molar-refractivity contribution is 7.90. The van der Waals surface area contributed by atoms with Gasteiger partial charge in [0.05, 0.1) is 24.7 Å². The Hall–Kier alpha value is -3.25. The Bertz CT molecular complexity index is 1130. The van der Waals surface area contributed by atoms with Crippen molar-refractivity contribution in [3.8, 4) is 34.3 Å². The number of phenols is 1. The number of phenolic OH excluding ortho intramolecular Hbond substituents is 1. The van der Waals surface area contributed by atoms with E-state index in [0.717, 1.165) is 11.8 Å². The fourth-order valence-electron chi connectivity index (χ4n) is 2.67. The lowest BCUT2D eigenvalue weighted by Gasteiger charge is -2.05. The number of aromatic hydroxyl groups is 1. The van der Waals surface area contributed by atoms with Gasteiger partial charge in [-0.05, 0) is 36.8 Å². The van der Waals surface area contributed by atoms with E-state index in [4.69, 9.17) is 5.26 Å². The van der Waals surface area contributed by atoms with Crippen LogP contribution in [-0.2, 0) is 16.4 Å². The van der Waals surface area contributed by atoms with Crippen LogP contribution in [0.4, 0.5) is 0 Å². The Labute approximate surface area is 156 Å². The van der Waals surface area contributed by atoms with Gasteiger partial charge in [-0.3, -0.25) is 4.68 Å². The van der Waals surface area contributed by atoms with Crippen molar-refractivity contribution >= 4 is 9.84 Å². The molecule has 0 aliphatic heterocycles. The van der Waals surface area contributed by atoms with E-state index in [1.54, 1.807) is 29.1 Å². The minimum atomic E-state index is -3.56. The summed E-state index contributed by atoms with van der Waals surface area (Å²) in [7, 11) is -3.56. The lowest BCUT2D eigenvalue weighted by Crippen LogP contribution is -2.04. The van der Waals surface area contributed by atoms with Crippen molar-refractivity contribution in [1.82, 2.24) is 19.7 Å². The highest BCUT2D eigenvalue weighted by Crippen LogP contribution is 2.32. The number of aryl methyl sites for hydroxylation is 2. The highest BCUT2D eigenvalue weighted by atomic mass is 32.2. The fraction of sp³-hybridized carbons (Fsp3) is 0.222. The summed E-state index contributed by atoms with van der Waals surface area (Å²) in [4.78, 5) is 7.97. The number of benzene rings is 1. The van der Waals surface area contributed by atoms with Gasteiger partial charge in [0.25, 0.3) is 0 Å². The molecule has 2 aromatic heterocycles. The average Bonchev–Trinajstić information content (AvgIpc) is 3.03. The Morgan fingerprint density at radius 1 is 1.30 bits per heavy atom. The summed E-state index contributed by atoms with van der Waals surface area (Å²) in [6, 6.07) is 8.73. The third-order valence-corrected chi connectivity index (χ3v) is 4.65. The monoisotopic (exact) mass is 383 g/mol. The van der Waals surface area contributed by atoms with Gasteiger partial charge in [0, 0.05) is 29.8 Å². The predicted octanol–water partition coefficient (Wildman–Crippen LogP) is 2.34. The van der Waals surface area contributed by atoms with Crippen LogP contribution in [0.25, 0.3) is 22.5 Å². The first-order chi connectivity index (χ1) is 12.8. The maximum atomic E-state index is 11.8. The summed E-state index contributed by atoms with van der Waals surface area (Å²) in [5.41, 5.74) is 3.03. The van der Waals surface area contributed by atoms with Gasteiger partial charge in [0.15, 0.2) is 0 Å². The van der Waals surface area contributed by atoms with Gasteiger partial charge >= 0.3 is 0 Å². The van der Waals surface area contributed by atoms with Crippen LogP contribution in [0.5, 0.6) is 5.75 Å². The van der Waals surface area contributed by atoms with Crippen molar-refractivity contribution in [1.29, 1.82) is 5.26 Å². The summed E-state index contributed by atoms with van der Waals surface area (Å²) in [5.74, 6) is 0.0991. The van der Waals surface area contributed by atoms with Crippen molar-refractivity contribution < 1.29 is 13.5 Å². The van der Waals surface area contributed by atoms with Gasteiger partial charge in [-0.1, -0.05) is 0 Å². The van der Waals surface area contributed by atoms with Crippen molar-refractivity contribution in [3.63, 3.8) is 0 Å². The normalized spacial score (nSPS) is 11.3. The molecule has 0 fully saturated rings. The average molecular weight is 383 g/mol. The SMILES string of the molecule is Cc1cc(O)cc(-c2nn(CCC#N)cc2-c2ccnc(S(C)(=O)=O)n2)c1. The van der Waals surface area contributed by atoms with Gasteiger partial charge in [-0.15, -0.1) is 0 Å². The number of aromatic nitrogens is 4. The Kier molecular flexibility index (Phi) is 4.92. The largest absolute Gasteiger partial charge is 0.508 e. The Balaban J connectivity index is 2.20. The van der Waals surface area contributed by atoms with Crippen molar-refractivity contribution in [3.05, 3.63) is 42.2 Å². The van der Waals surface area contributed by atoms with Crippen molar-refractivity contribution in [2.75, 3.05) is 6.26 Å². The maximum absolute atomic E-state index is 11.8. The second-order valence-electron chi connectivity index (χ2n) is 6.12. The first-order valence-electron chi connectivity index (χ1n) is 8.07. The van der Waals surface area contributed by atoms with E-state index >= 15 is 0 Å².